The van der Waals surface area contributed by atoms with Crippen LogP contribution in [0.2, 0.25) is 0 Å². The molecular formula is C96H58N4S4. The van der Waals surface area contributed by atoms with Gasteiger partial charge in [-0.1, -0.05) is 212 Å². The van der Waals surface area contributed by atoms with Gasteiger partial charge in [-0.2, -0.15) is 0 Å². The van der Waals surface area contributed by atoms with Gasteiger partial charge < -0.3 is 18.3 Å². The van der Waals surface area contributed by atoms with Crippen LogP contribution in [0.5, 0.6) is 0 Å². The quantitative estimate of drug-likeness (QED) is 0.156. The number of aryl methyl sites for hydroxylation is 1. The average molecular weight is 1400 g/mol. The van der Waals surface area contributed by atoms with E-state index in [9.17, 15) is 0 Å². The van der Waals surface area contributed by atoms with Crippen LogP contribution in [0.25, 0.3) is 193 Å². The second kappa shape index (κ2) is 21.9. The lowest BCUT2D eigenvalue weighted by atomic mass is 9.86. The molecule has 0 spiro atoms. The molecule has 7 aromatic heterocycles. The van der Waals surface area contributed by atoms with Gasteiger partial charge in [-0.15, -0.1) is 45.8 Å². The van der Waals surface area contributed by atoms with Gasteiger partial charge in [0, 0.05) is 144 Å². The molecular weight excluding hydrogens is 1340 g/mol. The van der Waals surface area contributed by atoms with Crippen molar-refractivity contribution >= 4 is 194 Å². The Kier molecular flexibility index (Phi) is 12.2. The van der Waals surface area contributed by atoms with E-state index in [2.05, 4.69) is 346 Å². The van der Waals surface area contributed by atoms with E-state index in [0.717, 1.165) is 18.5 Å². The number of thiophene rings is 3. The van der Waals surface area contributed by atoms with Crippen molar-refractivity contribution in [2.24, 2.45) is 0 Å². The van der Waals surface area contributed by atoms with Crippen LogP contribution < -0.4 is 0 Å². The highest BCUT2D eigenvalue weighted by molar-refractivity contribution is 8.00. The first kappa shape index (κ1) is 57.8. The summed E-state index contributed by atoms with van der Waals surface area (Å²) >= 11 is 7.83. The molecule has 8 heterocycles. The molecule has 4 nitrogen and oxygen atoms in total. The van der Waals surface area contributed by atoms with Crippen molar-refractivity contribution in [1.29, 1.82) is 0 Å². The summed E-state index contributed by atoms with van der Waals surface area (Å²) in [4.78, 5) is 1.35. The lowest BCUT2D eigenvalue weighted by Crippen LogP contribution is -2.10. The van der Waals surface area contributed by atoms with Crippen molar-refractivity contribution in [3.05, 3.63) is 332 Å². The molecule has 0 saturated carbocycles. The summed E-state index contributed by atoms with van der Waals surface area (Å²) in [6.07, 6.45) is 14.3. The number of hydrogen-bond acceptors (Lipinski definition) is 4. The van der Waals surface area contributed by atoms with Crippen molar-refractivity contribution < 1.29 is 0 Å². The second-order valence-electron chi connectivity index (χ2n) is 28.3. The van der Waals surface area contributed by atoms with Crippen molar-refractivity contribution in [2.75, 3.05) is 0 Å². The van der Waals surface area contributed by atoms with Crippen LogP contribution >= 0.6 is 45.8 Å². The van der Waals surface area contributed by atoms with Crippen LogP contribution in [0.4, 0.5) is 0 Å². The lowest BCUT2D eigenvalue weighted by Gasteiger charge is -2.21. The molecule has 104 heavy (non-hydrogen) atoms. The molecule has 21 aromatic rings. The average Bonchev–Trinajstić information content (AvgIpc) is 1.52. The fourth-order valence-electron chi connectivity index (χ4n) is 18.6. The molecule has 2 unspecified atom stereocenters. The molecule has 1 aliphatic heterocycles. The largest absolute Gasteiger partial charge is 0.310 e. The highest BCUT2D eigenvalue weighted by Gasteiger charge is 2.40. The molecule has 0 N–H and O–H groups in total. The van der Waals surface area contributed by atoms with Gasteiger partial charge in [0.05, 0.1) is 43.3 Å². The Morgan fingerprint density at radius 1 is 0.327 bits per heavy atom. The number of aromatic nitrogens is 4. The van der Waals surface area contributed by atoms with Crippen molar-refractivity contribution in [3.8, 4) is 45.0 Å². The van der Waals surface area contributed by atoms with E-state index in [0.29, 0.717) is 0 Å². The predicted molar refractivity (Wildman–Crippen MR) is 449 cm³/mol. The standard InChI is InChI=1S/C96H58N4S4/c1-2-25-60(26-3-1)98-76-40-12-5-32-68(76)84-85-69-33-6-13-41-77(69)100(63-29-20-24-59(52-63)64-37-21-38-67-66-31-8-15-43-80(66)101-93(64)67)91(85)95-88(90(84)98)73-48-46-58(54-83(73)104-95)56-23-18-27-61(50-56)97-75-39-11-4-30-65(75)74-53-57(47-49-79(74)97)55-22-19-28-62(51-55)99-78-42-14-7-34-70(78)86-87-71-35-9-16-44-81(71)102-94(87)89-72-36-10-17-45-82(72)103-96(89)92(86)99/h1-3,5-29,31-54,73,83H,4,30H2. The monoisotopic (exact) mass is 1390 g/mol. The second-order valence-corrected chi connectivity index (χ2v) is 32.6. The first-order valence-electron chi connectivity index (χ1n) is 36.0. The Labute approximate surface area is 613 Å². The highest BCUT2D eigenvalue weighted by Crippen LogP contribution is 2.60. The molecule has 14 aromatic carbocycles. The van der Waals surface area contributed by atoms with E-state index in [4.69, 9.17) is 0 Å². The minimum absolute atomic E-state index is 0.113. The van der Waals surface area contributed by atoms with Gasteiger partial charge in [-0.25, -0.2) is 0 Å². The lowest BCUT2D eigenvalue weighted by molar-refractivity contribution is 0.887. The fraction of sp³-hybridized carbons (Fsp3) is 0.0417. The summed E-state index contributed by atoms with van der Waals surface area (Å²) in [7, 11) is 0. The van der Waals surface area contributed by atoms with Gasteiger partial charge in [0.15, 0.2) is 0 Å². The normalized spacial score (nSPS) is 15.2. The Hall–Kier alpha value is -11.8. The number of hydrogen-bond donors (Lipinski definition) is 0. The van der Waals surface area contributed by atoms with Crippen LogP contribution in [0.3, 0.4) is 0 Å². The molecule has 0 radical (unpaired) electrons. The molecule has 0 fully saturated rings. The smallest absolute Gasteiger partial charge is 0.0727 e. The number of thioether (sulfide) groups is 1. The Morgan fingerprint density at radius 3 is 1.57 bits per heavy atom. The summed E-state index contributed by atoms with van der Waals surface area (Å²) in [6, 6.07) is 108. The number of fused-ring (bicyclic) bond motifs is 30. The zero-order valence-corrected chi connectivity index (χ0v) is 59.3. The molecule has 2 atom stereocenters. The Bertz CT molecular complexity index is 7470. The maximum Gasteiger partial charge on any atom is 0.0727 e. The minimum Gasteiger partial charge on any atom is -0.310 e. The van der Waals surface area contributed by atoms with Gasteiger partial charge in [-0.3, -0.25) is 0 Å². The zero-order valence-electron chi connectivity index (χ0n) is 56.0. The van der Waals surface area contributed by atoms with E-state index >= 15 is 0 Å². The van der Waals surface area contributed by atoms with Crippen LogP contribution in [0.1, 0.15) is 34.7 Å². The first-order chi connectivity index (χ1) is 51.6. The summed E-state index contributed by atoms with van der Waals surface area (Å²) in [5, 5.41) is 17.3. The summed E-state index contributed by atoms with van der Waals surface area (Å²) in [5.41, 5.74) is 24.9. The molecule has 3 aliphatic rings. The molecule has 24 rings (SSSR count). The zero-order chi connectivity index (χ0) is 67.6. The summed E-state index contributed by atoms with van der Waals surface area (Å²) in [6.45, 7) is 0. The number of para-hydroxylation sites is 4. The van der Waals surface area contributed by atoms with Gasteiger partial charge >= 0.3 is 0 Å². The van der Waals surface area contributed by atoms with Crippen molar-refractivity contribution in [3.63, 3.8) is 0 Å². The van der Waals surface area contributed by atoms with Crippen molar-refractivity contribution in [2.45, 2.75) is 28.9 Å². The molecule has 0 saturated heterocycles. The van der Waals surface area contributed by atoms with E-state index in [1.54, 1.807) is 0 Å². The molecule has 2 aliphatic carbocycles. The van der Waals surface area contributed by atoms with Gasteiger partial charge in [0.25, 0.3) is 0 Å². The van der Waals surface area contributed by atoms with Crippen LogP contribution in [-0.4, -0.2) is 23.5 Å². The van der Waals surface area contributed by atoms with E-state index in [1.807, 2.05) is 34.0 Å². The Morgan fingerprint density at radius 2 is 0.837 bits per heavy atom. The third-order valence-corrected chi connectivity index (χ3v) is 27.8. The summed E-state index contributed by atoms with van der Waals surface area (Å²) < 4.78 is 18.3. The third kappa shape index (κ3) is 8.03. The number of nitrogens with zero attached hydrogens (tertiary/aromatic N) is 4. The fourth-order valence-corrected chi connectivity index (χ4v) is 23.9. The molecule has 0 bridgehead atoms. The molecule has 486 valence electrons. The maximum absolute atomic E-state index is 2.61. The summed E-state index contributed by atoms with van der Waals surface area (Å²) in [5.74, 6) is 0.113. The van der Waals surface area contributed by atoms with E-state index in [1.165, 1.54) is 209 Å². The van der Waals surface area contributed by atoms with Gasteiger partial charge in [-0.05, 0) is 155 Å². The van der Waals surface area contributed by atoms with E-state index in [-0.39, 0.29) is 11.2 Å². The van der Waals surface area contributed by atoms with Gasteiger partial charge in [0.2, 0.25) is 0 Å². The van der Waals surface area contributed by atoms with E-state index < -0.39 is 0 Å². The molecule has 8 heteroatoms. The van der Waals surface area contributed by atoms with Crippen molar-refractivity contribution in [1.82, 2.24) is 18.3 Å². The predicted octanol–water partition coefficient (Wildman–Crippen LogP) is 27.5. The van der Waals surface area contributed by atoms with Crippen LogP contribution in [-0.2, 0) is 6.42 Å². The van der Waals surface area contributed by atoms with Crippen LogP contribution in [0, 0.1) is 0 Å². The minimum atomic E-state index is 0.113. The SMILES string of the molecule is C1=Cc2c(c3cc(-c4cccc(-n5c6ccccc6c6c7c8ccccc8sc7c7c8ccccc8sc7c65)c4)ccc3n2-c2cccc(C3=CC4Sc5c(c6c(c7ccccc7n6-c6ccccc6)c6c7ccccc7n(-c7cccc(-c8cccc9c8sc8ccccc89)c7)c56)C4C=C3)c2)CC1. The molecule has 0 amide bonds. The highest BCUT2D eigenvalue weighted by atomic mass is 32.2. The van der Waals surface area contributed by atoms with Crippen LogP contribution in [0.15, 0.2) is 314 Å². The topological polar surface area (TPSA) is 19.7 Å². The number of rotatable bonds is 7. The number of allylic oxidation sites excluding steroid dienone is 4. The van der Waals surface area contributed by atoms with Gasteiger partial charge in [0.1, 0.15) is 0 Å². The maximum atomic E-state index is 2.61. The number of benzene rings is 14. The first-order valence-corrected chi connectivity index (χ1v) is 39.3. The Balaban J connectivity index is 0.642. The third-order valence-electron chi connectivity index (χ3n) is 22.9.